The first-order chi connectivity index (χ1) is 8.40. The van der Waals surface area contributed by atoms with E-state index >= 15 is 0 Å². The number of nitrogens with one attached hydrogen (secondary N) is 1. The average Bonchev–Trinajstić information content (AvgIpc) is 2.28. The van der Waals surface area contributed by atoms with Crippen LogP contribution < -0.4 is 15.8 Å². The van der Waals surface area contributed by atoms with Crippen molar-refractivity contribution >= 4 is 0 Å². The zero-order valence-corrected chi connectivity index (χ0v) is 12.0. The second-order valence-corrected chi connectivity index (χ2v) is 5.92. The third-order valence-electron chi connectivity index (χ3n) is 2.90. The molecular weight excluding hydrogens is 224 g/mol. The molecule has 1 atom stereocenters. The van der Waals surface area contributed by atoms with E-state index in [1.165, 1.54) is 5.56 Å². The maximum absolute atomic E-state index is 6.06. The predicted octanol–water partition coefficient (Wildman–Crippen LogP) is 2.55. The first kappa shape index (κ1) is 15.0. The Morgan fingerprint density at radius 2 is 1.83 bits per heavy atom. The van der Waals surface area contributed by atoms with E-state index in [-0.39, 0.29) is 6.17 Å². The van der Waals surface area contributed by atoms with Gasteiger partial charge in [-0.25, -0.2) is 0 Å². The molecule has 0 bridgehead atoms. The fourth-order valence-corrected chi connectivity index (χ4v) is 1.72. The molecule has 0 aliphatic heterocycles. The van der Waals surface area contributed by atoms with Gasteiger partial charge >= 0.3 is 0 Å². The number of methoxy groups -OCH3 is 1. The van der Waals surface area contributed by atoms with Crippen molar-refractivity contribution < 1.29 is 4.74 Å². The minimum absolute atomic E-state index is 0.0146. The third-order valence-corrected chi connectivity index (χ3v) is 2.90. The van der Waals surface area contributed by atoms with Crippen LogP contribution in [0.5, 0.6) is 5.75 Å². The summed E-state index contributed by atoms with van der Waals surface area (Å²) in [5.74, 6) is 0.882. The number of hydrogen-bond acceptors (Lipinski definition) is 3. The van der Waals surface area contributed by atoms with Crippen molar-refractivity contribution in [3.63, 3.8) is 0 Å². The molecule has 102 valence electrons. The molecule has 0 saturated heterocycles. The van der Waals surface area contributed by atoms with E-state index in [9.17, 15) is 0 Å². The quantitative estimate of drug-likeness (QED) is 0.763. The first-order valence-electron chi connectivity index (χ1n) is 6.52. The second-order valence-electron chi connectivity index (χ2n) is 5.92. The lowest BCUT2D eigenvalue weighted by atomic mass is 9.92. The Balaban J connectivity index is 2.32. The zero-order valence-electron chi connectivity index (χ0n) is 12.0. The van der Waals surface area contributed by atoms with Gasteiger partial charge in [0.1, 0.15) is 5.75 Å². The third kappa shape index (κ3) is 6.03. The molecule has 3 heteroatoms. The smallest absolute Gasteiger partial charge is 0.118 e. The molecule has 1 rings (SSSR count). The van der Waals surface area contributed by atoms with Crippen LogP contribution in [-0.4, -0.2) is 19.8 Å². The Morgan fingerprint density at radius 3 is 2.33 bits per heavy atom. The van der Waals surface area contributed by atoms with E-state index < -0.39 is 0 Å². The van der Waals surface area contributed by atoms with Crippen LogP contribution in [0.15, 0.2) is 24.3 Å². The average molecular weight is 250 g/mol. The summed E-state index contributed by atoms with van der Waals surface area (Å²) in [6.45, 7) is 7.68. The van der Waals surface area contributed by atoms with Gasteiger partial charge in [-0.3, -0.25) is 0 Å². The molecule has 0 fully saturated rings. The van der Waals surface area contributed by atoms with Gasteiger partial charge in [-0.2, -0.15) is 0 Å². The van der Waals surface area contributed by atoms with Gasteiger partial charge in [0.15, 0.2) is 0 Å². The van der Waals surface area contributed by atoms with E-state index in [0.29, 0.717) is 5.41 Å². The van der Waals surface area contributed by atoms with E-state index in [2.05, 4.69) is 38.2 Å². The van der Waals surface area contributed by atoms with Crippen LogP contribution in [0.4, 0.5) is 0 Å². The molecule has 0 aliphatic rings. The van der Waals surface area contributed by atoms with Crippen LogP contribution in [0.2, 0.25) is 0 Å². The van der Waals surface area contributed by atoms with Gasteiger partial charge in [0.25, 0.3) is 0 Å². The number of ether oxygens (including phenoxy) is 1. The van der Waals surface area contributed by atoms with Crippen molar-refractivity contribution in [1.82, 2.24) is 5.32 Å². The Morgan fingerprint density at radius 1 is 1.22 bits per heavy atom. The molecule has 0 aromatic heterocycles. The lowest BCUT2D eigenvalue weighted by molar-refractivity contribution is 0.354. The maximum Gasteiger partial charge on any atom is 0.118 e. The molecular formula is C15H26N2O. The molecule has 3 N–H and O–H groups in total. The van der Waals surface area contributed by atoms with Crippen LogP contribution in [0, 0.1) is 5.41 Å². The summed E-state index contributed by atoms with van der Waals surface area (Å²) in [5, 5.41) is 3.36. The Bertz CT molecular complexity index is 341. The molecule has 0 amide bonds. The molecule has 1 aromatic carbocycles. The normalized spacial score (nSPS) is 13.4. The van der Waals surface area contributed by atoms with Gasteiger partial charge < -0.3 is 15.8 Å². The SMILES string of the molecule is COc1ccc(C[C@@H](N)NCCC(C)(C)C)cc1. The van der Waals surface area contributed by atoms with E-state index in [4.69, 9.17) is 10.5 Å². The Kier molecular flexibility index (Phi) is 5.63. The van der Waals surface area contributed by atoms with Crippen LogP contribution in [0.3, 0.4) is 0 Å². The number of benzene rings is 1. The number of hydrogen-bond donors (Lipinski definition) is 2. The largest absolute Gasteiger partial charge is 0.497 e. The van der Waals surface area contributed by atoms with Gasteiger partial charge in [-0.15, -0.1) is 0 Å². The highest BCUT2D eigenvalue weighted by atomic mass is 16.5. The number of rotatable bonds is 6. The molecule has 0 radical (unpaired) electrons. The standard InChI is InChI=1S/C15H26N2O/c1-15(2,3)9-10-17-14(16)11-12-5-7-13(18-4)8-6-12/h5-8,14,17H,9-11,16H2,1-4H3/t14-/m0/s1. The summed E-state index contributed by atoms with van der Waals surface area (Å²) >= 11 is 0. The van der Waals surface area contributed by atoms with E-state index in [0.717, 1.165) is 25.1 Å². The molecule has 0 unspecified atom stereocenters. The molecule has 18 heavy (non-hydrogen) atoms. The van der Waals surface area contributed by atoms with E-state index in [1.807, 2.05) is 12.1 Å². The molecule has 0 aliphatic carbocycles. The summed E-state index contributed by atoms with van der Waals surface area (Å²) in [6.07, 6.45) is 1.98. The summed E-state index contributed by atoms with van der Waals surface area (Å²) < 4.78 is 5.13. The highest BCUT2D eigenvalue weighted by molar-refractivity contribution is 5.27. The monoisotopic (exact) mass is 250 g/mol. The topological polar surface area (TPSA) is 47.3 Å². The lowest BCUT2D eigenvalue weighted by Crippen LogP contribution is -2.40. The Hall–Kier alpha value is -1.06. The maximum atomic E-state index is 6.06. The van der Waals surface area contributed by atoms with Crippen molar-refractivity contribution in [3.05, 3.63) is 29.8 Å². The first-order valence-corrected chi connectivity index (χ1v) is 6.52. The highest BCUT2D eigenvalue weighted by Gasteiger charge is 2.10. The summed E-state index contributed by atoms with van der Waals surface area (Å²) in [7, 11) is 1.68. The lowest BCUT2D eigenvalue weighted by Gasteiger charge is -2.20. The van der Waals surface area contributed by atoms with Gasteiger partial charge in [0.05, 0.1) is 13.3 Å². The fourth-order valence-electron chi connectivity index (χ4n) is 1.72. The van der Waals surface area contributed by atoms with Crippen LogP contribution in [-0.2, 0) is 6.42 Å². The van der Waals surface area contributed by atoms with Crippen molar-refractivity contribution in [2.75, 3.05) is 13.7 Å². The van der Waals surface area contributed by atoms with Crippen molar-refractivity contribution in [2.24, 2.45) is 11.1 Å². The Labute approximate surface area is 111 Å². The van der Waals surface area contributed by atoms with Crippen LogP contribution in [0.25, 0.3) is 0 Å². The van der Waals surface area contributed by atoms with Gasteiger partial charge in [0.2, 0.25) is 0 Å². The highest BCUT2D eigenvalue weighted by Crippen LogP contribution is 2.17. The van der Waals surface area contributed by atoms with Crippen LogP contribution >= 0.6 is 0 Å². The second kappa shape index (κ2) is 6.76. The van der Waals surface area contributed by atoms with Crippen molar-refractivity contribution in [2.45, 2.75) is 39.8 Å². The van der Waals surface area contributed by atoms with Crippen molar-refractivity contribution in [3.8, 4) is 5.75 Å². The van der Waals surface area contributed by atoms with Crippen LogP contribution in [0.1, 0.15) is 32.8 Å². The molecule has 0 spiro atoms. The van der Waals surface area contributed by atoms with Gasteiger partial charge in [0, 0.05) is 6.42 Å². The number of nitrogens with two attached hydrogens (primary N) is 1. The zero-order chi connectivity index (χ0) is 13.6. The van der Waals surface area contributed by atoms with Gasteiger partial charge in [-0.1, -0.05) is 32.9 Å². The van der Waals surface area contributed by atoms with Gasteiger partial charge in [-0.05, 0) is 36.1 Å². The predicted molar refractivity (Wildman–Crippen MR) is 76.7 cm³/mol. The fraction of sp³-hybridized carbons (Fsp3) is 0.600. The summed E-state index contributed by atoms with van der Waals surface area (Å²) in [6, 6.07) is 8.06. The minimum Gasteiger partial charge on any atom is -0.497 e. The summed E-state index contributed by atoms with van der Waals surface area (Å²) in [5.41, 5.74) is 7.65. The van der Waals surface area contributed by atoms with Crippen molar-refractivity contribution in [1.29, 1.82) is 0 Å². The molecule has 1 aromatic rings. The summed E-state index contributed by atoms with van der Waals surface area (Å²) in [4.78, 5) is 0. The molecule has 0 saturated carbocycles. The molecule has 0 heterocycles. The minimum atomic E-state index is 0.0146. The molecule has 3 nitrogen and oxygen atoms in total. The van der Waals surface area contributed by atoms with E-state index in [1.54, 1.807) is 7.11 Å².